The van der Waals surface area contributed by atoms with Crippen LogP contribution in [0.4, 0.5) is 9.59 Å². The van der Waals surface area contributed by atoms with Crippen molar-refractivity contribution in [3.8, 4) is 5.75 Å². The van der Waals surface area contributed by atoms with Gasteiger partial charge in [0.2, 0.25) is 0 Å². The van der Waals surface area contributed by atoms with Gasteiger partial charge in [0, 0.05) is 0 Å². The minimum Gasteiger partial charge on any atom is -0.497 e. The van der Waals surface area contributed by atoms with Crippen LogP contribution in [0.3, 0.4) is 0 Å². The molecular formula is C13H16N6O3. The van der Waals surface area contributed by atoms with Crippen LogP contribution in [0.2, 0.25) is 0 Å². The molecule has 0 radical (unpaired) electrons. The predicted octanol–water partition coefficient (Wildman–Crippen LogP) is 0.644. The van der Waals surface area contributed by atoms with Gasteiger partial charge >= 0.3 is 12.1 Å². The van der Waals surface area contributed by atoms with Gasteiger partial charge in [-0.3, -0.25) is 0 Å². The first kappa shape index (κ1) is 15.3. The van der Waals surface area contributed by atoms with E-state index in [1.54, 1.807) is 32.2 Å². The summed E-state index contributed by atoms with van der Waals surface area (Å²) in [5.74, 6) is 0.688. The summed E-state index contributed by atoms with van der Waals surface area (Å²) in [5.41, 5.74) is 8.32. The minimum absolute atomic E-state index is 0.207. The van der Waals surface area contributed by atoms with E-state index in [4.69, 9.17) is 4.74 Å². The van der Waals surface area contributed by atoms with Crippen LogP contribution in [0, 0.1) is 0 Å². The number of hydrogen-bond donors (Lipinski definition) is 3. The standard InChI is InChI=1S/C13H16N6O3/c1-9-8-19(13(21)17-15-9)18-12(20)16-14-7-10-4-3-5-11(6-10)22-2/h3-7H,8H2,1-2H3,(H,17,21)(H2,16,18,20)/b14-7+. The summed E-state index contributed by atoms with van der Waals surface area (Å²) in [6.45, 7) is 1.94. The summed E-state index contributed by atoms with van der Waals surface area (Å²) in [4.78, 5) is 23.1. The van der Waals surface area contributed by atoms with Crippen molar-refractivity contribution < 1.29 is 14.3 Å². The lowest BCUT2D eigenvalue weighted by atomic mass is 10.2. The zero-order valence-electron chi connectivity index (χ0n) is 12.2. The molecular weight excluding hydrogens is 288 g/mol. The number of carbonyl (C=O) groups excluding carboxylic acids is 2. The van der Waals surface area contributed by atoms with Gasteiger partial charge in [-0.2, -0.15) is 10.2 Å². The van der Waals surface area contributed by atoms with E-state index in [1.165, 1.54) is 6.21 Å². The molecule has 3 N–H and O–H groups in total. The van der Waals surface area contributed by atoms with Crippen LogP contribution in [-0.4, -0.2) is 42.7 Å². The molecule has 116 valence electrons. The molecule has 1 heterocycles. The van der Waals surface area contributed by atoms with Gasteiger partial charge in [-0.25, -0.2) is 30.9 Å². The number of amides is 4. The molecule has 4 amide bonds. The van der Waals surface area contributed by atoms with Gasteiger partial charge in [-0.15, -0.1) is 0 Å². The Morgan fingerprint density at radius 1 is 1.55 bits per heavy atom. The highest BCUT2D eigenvalue weighted by Crippen LogP contribution is 2.10. The molecule has 0 aromatic heterocycles. The second-order valence-electron chi connectivity index (χ2n) is 4.44. The Bertz CT molecular complexity index is 628. The smallest absolute Gasteiger partial charge is 0.356 e. The third-order valence-electron chi connectivity index (χ3n) is 2.68. The summed E-state index contributed by atoms with van der Waals surface area (Å²) in [5, 5.41) is 8.64. The van der Waals surface area contributed by atoms with E-state index in [0.29, 0.717) is 11.5 Å². The van der Waals surface area contributed by atoms with E-state index in [9.17, 15) is 9.59 Å². The number of rotatable bonds is 4. The van der Waals surface area contributed by atoms with E-state index in [1.807, 2.05) is 6.07 Å². The van der Waals surface area contributed by atoms with E-state index in [2.05, 4.69) is 26.5 Å². The Kier molecular flexibility index (Phi) is 4.91. The van der Waals surface area contributed by atoms with Crippen molar-refractivity contribution in [1.29, 1.82) is 0 Å². The van der Waals surface area contributed by atoms with Crippen LogP contribution in [-0.2, 0) is 0 Å². The Labute approximate surface area is 127 Å². The van der Waals surface area contributed by atoms with E-state index in [-0.39, 0.29) is 6.54 Å². The molecule has 1 aromatic carbocycles. The van der Waals surface area contributed by atoms with E-state index in [0.717, 1.165) is 10.6 Å². The number of methoxy groups -OCH3 is 1. The van der Waals surface area contributed by atoms with Crippen molar-refractivity contribution in [3.05, 3.63) is 29.8 Å². The lowest BCUT2D eigenvalue weighted by Crippen LogP contribution is -2.55. The quantitative estimate of drug-likeness (QED) is 0.561. The average molecular weight is 304 g/mol. The monoisotopic (exact) mass is 304 g/mol. The fourth-order valence-corrected chi connectivity index (χ4v) is 1.66. The van der Waals surface area contributed by atoms with Gasteiger partial charge in [0.05, 0.1) is 25.6 Å². The molecule has 0 aliphatic carbocycles. The van der Waals surface area contributed by atoms with Crippen molar-refractivity contribution in [3.63, 3.8) is 0 Å². The van der Waals surface area contributed by atoms with E-state index < -0.39 is 12.1 Å². The Morgan fingerprint density at radius 3 is 3.14 bits per heavy atom. The lowest BCUT2D eigenvalue weighted by Gasteiger charge is -2.25. The molecule has 0 saturated heterocycles. The number of hydrogen-bond acceptors (Lipinski definition) is 5. The van der Waals surface area contributed by atoms with Gasteiger partial charge in [0.25, 0.3) is 0 Å². The van der Waals surface area contributed by atoms with Gasteiger partial charge in [0.15, 0.2) is 0 Å². The number of nitrogens with one attached hydrogen (secondary N) is 3. The molecule has 0 bridgehead atoms. The van der Waals surface area contributed by atoms with Crippen molar-refractivity contribution in [1.82, 2.24) is 21.3 Å². The molecule has 1 aromatic rings. The van der Waals surface area contributed by atoms with Gasteiger partial charge in [-0.05, 0) is 24.6 Å². The molecule has 0 saturated carbocycles. The molecule has 1 aliphatic rings. The number of urea groups is 2. The molecule has 1 aliphatic heterocycles. The Balaban J connectivity index is 1.86. The summed E-state index contributed by atoms with van der Waals surface area (Å²) in [6, 6.07) is 6.03. The highest BCUT2D eigenvalue weighted by atomic mass is 16.5. The highest BCUT2D eigenvalue weighted by molar-refractivity contribution is 5.92. The molecule has 0 unspecified atom stereocenters. The zero-order valence-corrected chi connectivity index (χ0v) is 12.2. The minimum atomic E-state index is -0.635. The third-order valence-corrected chi connectivity index (χ3v) is 2.68. The maximum absolute atomic E-state index is 11.7. The molecule has 2 rings (SSSR count). The van der Waals surface area contributed by atoms with Crippen LogP contribution in [0.1, 0.15) is 12.5 Å². The zero-order chi connectivity index (χ0) is 15.9. The van der Waals surface area contributed by atoms with Gasteiger partial charge in [-0.1, -0.05) is 12.1 Å². The number of ether oxygens (including phenoxy) is 1. The molecule has 22 heavy (non-hydrogen) atoms. The fraction of sp³-hybridized carbons (Fsp3) is 0.231. The molecule has 9 nitrogen and oxygen atoms in total. The van der Waals surface area contributed by atoms with Crippen molar-refractivity contribution >= 4 is 24.0 Å². The maximum Gasteiger partial charge on any atom is 0.356 e. The predicted molar refractivity (Wildman–Crippen MR) is 80.6 cm³/mol. The number of nitrogens with zero attached hydrogens (tertiary/aromatic N) is 3. The SMILES string of the molecule is COc1cccc(/C=N/NC(=O)NN2CC(C)=NNC2=O)c1. The normalized spacial score (nSPS) is 14.4. The van der Waals surface area contributed by atoms with Gasteiger partial charge in [0.1, 0.15) is 5.75 Å². The summed E-state index contributed by atoms with van der Waals surface area (Å²) < 4.78 is 5.08. The lowest BCUT2D eigenvalue weighted by molar-refractivity contribution is 0.173. The maximum atomic E-state index is 11.7. The molecule has 0 fully saturated rings. The van der Waals surface area contributed by atoms with Gasteiger partial charge < -0.3 is 4.74 Å². The van der Waals surface area contributed by atoms with Crippen LogP contribution >= 0.6 is 0 Å². The second kappa shape index (κ2) is 7.07. The number of hydrazine groups is 1. The Hall–Kier alpha value is -3.10. The largest absolute Gasteiger partial charge is 0.497 e. The number of benzene rings is 1. The van der Waals surface area contributed by atoms with Crippen molar-refractivity contribution in [2.75, 3.05) is 13.7 Å². The first-order valence-electron chi connectivity index (χ1n) is 6.43. The Morgan fingerprint density at radius 2 is 2.36 bits per heavy atom. The van der Waals surface area contributed by atoms with Crippen LogP contribution in [0.15, 0.2) is 34.5 Å². The van der Waals surface area contributed by atoms with E-state index >= 15 is 0 Å². The van der Waals surface area contributed by atoms with Crippen LogP contribution in [0.25, 0.3) is 0 Å². The fourth-order valence-electron chi connectivity index (χ4n) is 1.66. The second-order valence-corrected chi connectivity index (χ2v) is 4.44. The van der Waals surface area contributed by atoms with Crippen LogP contribution < -0.4 is 21.0 Å². The summed E-state index contributed by atoms with van der Waals surface area (Å²) >= 11 is 0. The number of hydrazone groups is 2. The topological polar surface area (TPSA) is 107 Å². The summed E-state index contributed by atoms with van der Waals surface area (Å²) in [6.07, 6.45) is 1.46. The van der Waals surface area contributed by atoms with Crippen molar-refractivity contribution in [2.45, 2.75) is 6.92 Å². The number of carbonyl (C=O) groups is 2. The highest BCUT2D eigenvalue weighted by Gasteiger charge is 2.20. The van der Waals surface area contributed by atoms with Crippen LogP contribution in [0.5, 0.6) is 5.75 Å². The average Bonchev–Trinajstić information content (AvgIpc) is 2.51. The third kappa shape index (κ3) is 4.20. The first-order valence-corrected chi connectivity index (χ1v) is 6.43. The molecule has 0 atom stereocenters. The first-order chi connectivity index (χ1) is 10.6. The van der Waals surface area contributed by atoms with Crippen molar-refractivity contribution in [2.24, 2.45) is 10.2 Å². The molecule has 0 spiro atoms. The summed E-state index contributed by atoms with van der Waals surface area (Å²) in [7, 11) is 1.57. The molecule has 9 heteroatoms.